The molecule has 28 heavy (non-hydrogen) atoms. The summed E-state index contributed by atoms with van der Waals surface area (Å²) >= 11 is 0. The molecular weight excluding hydrogens is 346 g/mol. The van der Waals surface area contributed by atoms with E-state index >= 15 is 0 Å². The Bertz CT molecular complexity index is 1090. The summed E-state index contributed by atoms with van der Waals surface area (Å²) in [7, 11) is 1.80. The number of aromatic nitrogens is 1. The lowest BCUT2D eigenvalue weighted by atomic mass is 9.88. The highest BCUT2D eigenvalue weighted by molar-refractivity contribution is 5.98. The van der Waals surface area contributed by atoms with Crippen molar-refractivity contribution in [1.82, 2.24) is 4.57 Å². The zero-order chi connectivity index (χ0) is 19.8. The first kappa shape index (κ1) is 18.7. The number of pyridine rings is 1. The number of benzene rings is 2. The number of hydrogen-bond donors (Lipinski definition) is 0. The van der Waals surface area contributed by atoms with Crippen molar-refractivity contribution in [3.8, 4) is 11.1 Å². The maximum Gasteiger partial charge on any atom is 0.258 e. The standard InChI is InChI=1S/C25H27NO2/c1-4-5-20(15-27)24-23(19-11-9-18(10-12-19)17-7-8-17)22-14-16(2)6-13-21(22)25(28)26(24)3/h6,9-15,17,20H,4-5,7-8H2,1-3H3. The molecule has 3 aromatic rings. The van der Waals surface area contributed by atoms with Gasteiger partial charge in [0, 0.05) is 23.7 Å². The van der Waals surface area contributed by atoms with Gasteiger partial charge < -0.3 is 9.36 Å². The van der Waals surface area contributed by atoms with Crippen molar-refractivity contribution < 1.29 is 4.79 Å². The van der Waals surface area contributed by atoms with E-state index in [-0.39, 0.29) is 11.5 Å². The van der Waals surface area contributed by atoms with Crippen molar-refractivity contribution in [3.05, 3.63) is 69.6 Å². The van der Waals surface area contributed by atoms with Crippen LogP contribution in [0.2, 0.25) is 0 Å². The third-order valence-corrected chi connectivity index (χ3v) is 5.96. The number of carbonyl (C=O) groups is 1. The third kappa shape index (κ3) is 3.19. The molecule has 144 valence electrons. The Balaban J connectivity index is 2.04. The van der Waals surface area contributed by atoms with Crippen LogP contribution >= 0.6 is 0 Å². The quantitative estimate of drug-likeness (QED) is 0.537. The Kier molecular flexibility index (Phi) is 4.92. The van der Waals surface area contributed by atoms with Gasteiger partial charge in [0.25, 0.3) is 5.56 Å². The van der Waals surface area contributed by atoms with Gasteiger partial charge in [0.05, 0.1) is 5.92 Å². The van der Waals surface area contributed by atoms with Crippen molar-refractivity contribution >= 4 is 17.1 Å². The van der Waals surface area contributed by atoms with Crippen molar-refractivity contribution in [2.75, 3.05) is 0 Å². The van der Waals surface area contributed by atoms with Gasteiger partial charge in [-0.3, -0.25) is 4.79 Å². The molecule has 3 nitrogen and oxygen atoms in total. The molecule has 1 aliphatic carbocycles. The lowest BCUT2D eigenvalue weighted by Crippen LogP contribution is -2.24. The van der Waals surface area contributed by atoms with E-state index in [9.17, 15) is 9.59 Å². The van der Waals surface area contributed by atoms with Crippen LogP contribution in [-0.2, 0) is 11.8 Å². The second-order valence-corrected chi connectivity index (χ2v) is 8.10. The molecule has 2 aromatic carbocycles. The van der Waals surface area contributed by atoms with E-state index in [2.05, 4.69) is 37.3 Å². The lowest BCUT2D eigenvalue weighted by Gasteiger charge is -2.22. The van der Waals surface area contributed by atoms with Crippen LogP contribution in [0.1, 0.15) is 61.3 Å². The fourth-order valence-electron chi connectivity index (χ4n) is 4.30. The van der Waals surface area contributed by atoms with Crippen LogP contribution in [0.15, 0.2) is 47.3 Å². The zero-order valence-corrected chi connectivity index (χ0v) is 16.9. The molecule has 1 atom stereocenters. The number of aryl methyl sites for hydroxylation is 1. The van der Waals surface area contributed by atoms with E-state index < -0.39 is 0 Å². The first-order chi connectivity index (χ1) is 13.5. The Morgan fingerprint density at radius 2 is 1.82 bits per heavy atom. The van der Waals surface area contributed by atoms with Crippen molar-refractivity contribution in [2.45, 2.75) is 51.4 Å². The summed E-state index contributed by atoms with van der Waals surface area (Å²) in [5.74, 6) is 0.418. The minimum absolute atomic E-state index is 0.0358. The minimum Gasteiger partial charge on any atom is -0.314 e. The van der Waals surface area contributed by atoms with Gasteiger partial charge in [-0.15, -0.1) is 0 Å². The largest absolute Gasteiger partial charge is 0.314 e. The normalized spacial score (nSPS) is 15.0. The van der Waals surface area contributed by atoms with Crippen LogP contribution in [0.4, 0.5) is 0 Å². The van der Waals surface area contributed by atoms with Gasteiger partial charge in [-0.05, 0) is 54.7 Å². The fraction of sp³-hybridized carbons (Fsp3) is 0.360. The molecule has 0 spiro atoms. The average Bonchev–Trinajstić information content (AvgIpc) is 3.54. The number of carbonyl (C=O) groups excluding carboxylic acids is 1. The second kappa shape index (κ2) is 7.38. The van der Waals surface area contributed by atoms with Crippen LogP contribution in [0.25, 0.3) is 21.9 Å². The molecule has 1 aromatic heterocycles. The fourth-order valence-corrected chi connectivity index (χ4v) is 4.30. The molecule has 0 aliphatic heterocycles. The SMILES string of the molecule is CCCC(C=O)c1c(-c2ccc(C3CC3)cc2)c2cc(C)ccc2c(=O)n1C. The number of nitrogens with zero attached hydrogens (tertiary/aromatic N) is 1. The highest BCUT2D eigenvalue weighted by Crippen LogP contribution is 2.41. The predicted octanol–water partition coefficient (Wildman–Crippen LogP) is 5.47. The van der Waals surface area contributed by atoms with E-state index in [4.69, 9.17) is 0 Å². The predicted molar refractivity (Wildman–Crippen MR) is 115 cm³/mol. The second-order valence-electron chi connectivity index (χ2n) is 8.10. The van der Waals surface area contributed by atoms with Crippen molar-refractivity contribution in [1.29, 1.82) is 0 Å². The van der Waals surface area contributed by atoms with E-state index in [0.717, 1.165) is 46.9 Å². The molecule has 0 N–H and O–H groups in total. The van der Waals surface area contributed by atoms with E-state index in [1.807, 2.05) is 19.1 Å². The van der Waals surface area contributed by atoms with Crippen LogP contribution in [0.3, 0.4) is 0 Å². The maximum absolute atomic E-state index is 13.1. The first-order valence-electron chi connectivity index (χ1n) is 10.2. The van der Waals surface area contributed by atoms with Crippen LogP contribution < -0.4 is 5.56 Å². The van der Waals surface area contributed by atoms with Crippen molar-refractivity contribution in [3.63, 3.8) is 0 Å². The van der Waals surface area contributed by atoms with Gasteiger partial charge in [0.1, 0.15) is 6.29 Å². The molecule has 1 aliphatic rings. The topological polar surface area (TPSA) is 39.1 Å². The molecule has 3 heteroatoms. The molecule has 1 fully saturated rings. The lowest BCUT2D eigenvalue weighted by molar-refractivity contribution is -0.109. The number of hydrogen-bond acceptors (Lipinski definition) is 2. The van der Waals surface area contributed by atoms with Gasteiger partial charge in [0.2, 0.25) is 0 Å². The summed E-state index contributed by atoms with van der Waals surface area (Å²) in [6.45, 7) is 4.11. The van der Waals surface area contributed by atoms with Gasteiger partial charge in [0.15, 0.2) is 0 Å². The minimum atomic E-state index is -0.286. The highest BCUT2D eigenvalue weighted by Gasteiger charge is 2.25. The van der Waals surface area contributed by atoms with E-state index in [1.54, 1.807) is 11.6 Å². The number of rotatable bonds is 6. The first-order valence-corrected chi connectivity index (χ1v) is 10.2. The Morgan fingerprint density at radius 3 is 2.43 bits per heavy atom. The molecule has 0 saturated heterocycles. The Labute approximate surface area is 166 Å². The average molecular weight is 373 g/mol. The van der Waals surface area contributed by atoms with Gasteiger partial charge in [-0.1, -0.05) is 55.3 Å². The molecule has 0 bridgehead atoms. The van der Waals surface area contributed by atoms with Gasteiger partial charge in [-0.2, -0.15) is 0 Å². The summed E-state index contributed by atoms with van der Waals surface area (Å²) in [5, 5.41) is 1.65. The van der Waals surface area contributed by atoms with Crippen molar-refractivity contribution in [2.24, 2.45) is 7.05 Å². The highest BCUT2D eigenvalue weighted by atomic mass is 16.1. The molecule has 0 amide bonds. The number of fused-ring (bicyclic) bond motifs is 1. The summed E-state index contributed by atoms with van der Waals surface area (Å²) in [6.07, 6.45) is 5.18. The Hall–Kier alpha value is -2.68. The molecule has 0 radical (unpaired) electrons. The summed E-state index contributed by atoms with van der Waals surface area (Å²) in [6, 6.07) is 14.7. The smallest absolute Gasteiger partial charge is 0.258 e. The zero-order valence-electron chi connectivity index (χ0n) is 16.9. The molecule has 1 unspecified atom stereocenters. The summed E-state index contributed by atoms with van der Waals surface area (Å²) in [5.41, 5.74) is 5.39. The van der Waals surface area contributed by atoms with Gasteiger partial charge in [-0.25, -0.2) is 0 Å². The van der Waals surface area contributed by atoms with Gasteiger partial charge >= 0.3 is 0 Å². The molecular formula is C25H27NO2. The molecule has 1 heterocycles. The van der Waals surface area contributed by atoms with Crippen LogP contribution in [0.5, 0.6) is 0 Å². The summed E-state index contributed by atoms with van der Waals surface area (Å²) in [4.78, 5) is 25.0. The van der Waals surface area contributed by atoms with E-state index in [1.165, 1.54) is 18.4 Å². The van der Waals surface area contributed by atoms with E-state index in [0.29, 0.717) is 11.3 Å². The third-order valence-electron chi connectivity index (χ3n) is 5.96. The maximum atomic E-state index is 13.1. The molecule has 1 saturated carbocycles. The van der Waals surface area contributed by atoms with Crippen LogP contribution in [0, 0.1) is 6.92 Å². The Morgan fingerprint density at radius 1 is 1.11 bits per heavy atom. The monoisotopic (exact) mass is 373 g/mol. The summed E-state index contributed by atoms with van der Waals surface area (Å²) < 4.78 is 1.69. The molecule has 4 rings (SSSR count). The van der Waals surface area contributed by atoms with Crippen LogP contribution in [-0.4, -0.2) is 10.9 Å². The number of aldehydes is 1.